The van der Waals surface area contributed by atoms with E-state index >= 15 is 0 Å². The van der Waals surface area contributed by atoms with E-state index in [2.05, 4.69) is 14.5 Å². The molecule has 0 aliphatic heterocycles. The van der Waals surface area contributed by atoms with Crippen molar-refractivity contribution in [2.24, 2.45) is 0 Å². The van der Waals surface area contributed by atoms with Gasteiger partial charge in [-0.05, 0) is 23.3 Å². The minimum atomic E-state index is -0.167. The first-order valence-electron chi connectivity index (χ1n) is 8.72. The molecule has 0 saturated heterocycles. The maximum atomic E-state index is 9.05. The first kappa shape index (κ1) is 25.3. The second-order valence-corrected chi connectivity index (χ2v) is 8.11. The summed E-state index contributed by atoms with van der Waals surface area (Å²) in [5.74, 6) is 0. The normalized spacial score (nSPS) is 10.8. The van der Waals surface area contributed by atoms with Crippen molar-refractivity contribution in [2.45, 2.75) is 52.6 Å². The first-order valence-corrected chi connectivity index (χ1v) is 8.72. The standard InChI is InChI=1S/C13H8N2.2C5H9N.Ni/c14-15-13-11-7-3-1-5-9(11)10-6-2-4-8-12(10)13;2*1-5(2,3)6-4;/h1-8H;2*1-3H3;/q;;;+2. The van der Waals surface area contributed by atoms with Crippen molar-refractivity contribution >= 4 is 5.71 Å². The SMILES string of the molecule is [C-]#[N+]C(C)(C)C.[C-]#[N+]C(C)(C)C.[N-]=[N+]=C1c2ccccc2-c2ccccc21.[Ni+2]. The van der Waals surface area contributed by atoms with Gasteiger partial charge in [0, 0.05) is 41.5 Å². The molecule has 28 heavy (non-hydrogen) atoms. The van der Waals surface area contributed by atoms with Gasteiger partial charge in [-0.1, -0.05) is 36.4 Å². The van der Waals surface area contributed by atoms with Crippen LogP contribution in [0.2, 0.25) is 0 Å². The van der Waals surface area contributed by atoms with Gasteiger partial charge in [0.05, 0.1) is 11.1 Å². The number of nitrogens with zero attached hydrogens (tertiary/aromatic N) is 4. The van der Waals surface area contributed by atoms with E-state index in [4.69, 9.17) is 18.7 Å². The number of benzene rings is 2. The molecule has 0 atom stereocenters. The van der Waals surface area contributed by atoms with Crippen molar-refractivity contribution in [1.29, 1.82) is 0 Å². The first-order chi connectivity index (χ1) is 12.5. The van der Waals surface area contributed by atoms with Gasteiger partial charge in [0.25, 0.3) is 0 Å². The summed E-state index contributed by atoms with van der Waals surface area (Å²) in [4.78, 5) is 9.93. The molecule has 2 aromatic carbocycles. The predicted octanol–water partition coefficient (Wildman–Crippen LogP) is 6.14. The molecule has 0 N–H and O–H groups in total. The zero-order valence-corrected chi connectivity index (χ0v) is 18.2. The van der Waals surface area contributed by atoms with E-state index in [0.29, 0.717) is 5.71 Å². The Morgan fingerprint density at radius 2 is 0.893 bits per heavy atom. The van der Waals surface area contributed by atoms with Gasteiger partial charge in [-0.2, -0.15) is 4.79 Å². The number of rotatable bonds is 0. The van der Waals surface area contributed by atoms with Crippen LogP contribution in [0.5, 0.6) is 0 Å². The second kappa shape index (κ2) is 10.6. The molecule has 0 aromatic heterocycles. The Balaban J connectivity index is 0.000000476. The summed E-state index contributed by atoms with van der Waals surface area (Å²) < 4.78 is 0. The van der Waals surface area contributed by atoms with Gasteiger partial charge in [-0.3, -0.25) is 0 Å². The average molecular weight is 417 g/mol. The molecule has 3 rings (SSSR count). The van der Waals surface area contributed by atoms with Crippen molar-refractivity contribution in [3.8, 4) is 11.1 Å². The quantitative estimate of drug-likeness (QED) is 0.183. The summed E-state index contributed by atoms with van der Waals surface area (Å²) in [7, 11) is 0. The summed E-state index contributed by atoms with van der Waals surface area (Å²) in [6.07, 6.45) is 0. The van der Waals surface area contributed by atoms with Crippen LogP contribution in [-0.4, -0.2) is 21.6 Å². The summed E-state index contributed by atoms with van der Waals surface area (Å²) >= 11 is 0. The Morgan fingerprint density at radius 3 is 1.11 bits per heavy atom. The summed E-state index contributed by atoms with van der Waals surface area (Å²) in [6, 6.07) is 15.9. The van der Waals surface area contributed by atoms with Crippen molar-refractivity contribution < 1.29 is 21.3 Å². The Morgan fingerprint density at radius 1 is 0.643 bits per heavy atom. The van der Waals surface area contributed by atoms with E-state index in [0.717, 1.165) is 22.3 Å². The van der Waals surface area contributed by atoms with Crippen LogP contribution in [0.1, 0.15) is 52.7 Å². The summed E-state index contributed by atoms with van der Waals surface area (Å²) in [5, 5.41) is 0. The minimum Gasteiger partial charge on any atom is -0.361 e. The van der Waals surface area contributed by atoms with E-state index in [1.165, 1.54) is 0 Å². The van der Waals surface area contributed by atoms with Crippen LogP contribution in [0, 0.1) is 13.1 Å². The third-order valence-corrected chi connectivity index (χ3v) is 3.43. The Labute approximate surface area is 178 Å². The number of hydrogen-bond acceptors (Lipinski definition) is 0. The van der Waals surface area contributed by atoms with Crippen molar-refractivity contribution in [3.63, 3.8) is 0 Å². The van der Waals surface area contributed by atoms with Gasteiger partial charge in [0.2, 0.25) is 11.1 Å². The molecule has 0 saturated carbocycles. The topological polar surface area (TPSA) is 45.1 Å². The van der Waals surface area contributed by atoms with Crippen LogP contribution in [0.4, 0.5) is 0 Å². The fourth-order valence-corrected chi connectivity index (χ4v) is 2.10. The fourth-order valence-electron chi connectivity index (χ4n) is 2.10. The Hall–Kier alpha value is -2.71. The maximum absolute atomic E-state index is 9.05. The van der Waals surface area contributed by atoms with E-state index in [9.17, 15) is 0 Å². The maximum Gasteiger partial charge on any atom is 2.00 e. The third kappa shape index (κ3) is 7.50. The molecule has 1 aliphatic rings. The molecular formula is C23H26N4Ni+2. The van der Waals surface area contributed by atoms with Gasteiger partial charge in [-0.25, -0.2) is 13.1 Å². The smallest absolute Gasteiger partial charge is 0.361 e. The molecule has 0 fully saturated rings. The van der Waals surface area contributed by atoms with Gasteiger partial charge in [0.15, 0.2) is 0 Å². The molecule has 0 unspecified atom stereocenters. The van der Waals surface area contributed by atoms with Crippen LogP contribution < -0.4 is 0 Å². The van der Waals surface area contributed by atoms with Crippen molar-refractivity contribution in [2.75, 3.05) is 0 Å². The zero-order chi connectivity index (χ0) is 20.7. The molecule has 0 amide bonds. The van der Waals surface area contributed by atoms with E-state index < -0.39 is 0 Å². The zero-order valence-electron chi connectivity index (χ0n) is 17.2. The Bertz CT molecular complexity index is 857. The number of fused-ring (bicyclic) bond motifs is 3. The molecule has 0 heterocycles. The molecule has 146 valence electrons. The second-order valence-electron chi connectivity index (χ2n) is 8.11. The molecule has 2 aromatic rings. The molecule has 0 radical (unpaired) electrons. The molecule has 1 aliphatic carbocycles. The minimum absolute atomic E-state index is 0. The van der Waals surface area contributed by atoms with Gasteiger partial charge >= 0.3 is 22.2 Å². The monoisotopic (exact) mass is 416 g/mol. The van der Waals surface area contributed by atoms with Crippen molar-refractivity contribution in [3.05, 3.63) is 88.0 Å². The van der Waals surface area contributed by atoms with Gasteiger partial charge in [0.1, 0.15) is 0 Å². The Kier molecular flexibility index (Phi) is 9.56. The molecule has 5 heteroatoms. The van der Waals surface area contributed by atoms with Crippen LogP contribution in [-0.2, 0) is 16.5 Å². The average Bonchev–Trinajstić information content (AvgIpc) is 2.95. The van der Waals surface area contributed by atoms with E-state index in [1.807, 2.05) is 90.1 Å². The van der Waals surface area contributed by atoms with Crippen LogP contribution in [0.3, 0.4) is 0 Å². The van der Waals surface area contributed by atoms with Gasteiger partial charge < -0.3 is 15.2 Å². The summed E-state index contributed by atoms with van der Waals surface area (Å²) in [5.41, 5.74) is 13.7. The van der Waals surface area contributed by atoms with Crippen LogP contribution in [0.25, 0.3) is 26.3 Å². The molecule has 0 spiro atoms. The van der Waals surface area contributed by atoms with E-state index in [1.54, 1.807) is 0 Å². The molecule has 4 nitrogen and oxygen atoms in total. The van der Waals surface area contributed by atoms with Gasteiger partial charge in [-0.15, -0.1) is 0 Å². The summed E-state index contributed by atoms with van der Waals surface area (Å²) in [6.45, 7) is 24.3. The molecular weight excluding hydrogens is 391 g/mol. The predicted molar refractivity (Wildman–Crippen MR) is 111 cm³/mol. The third-order valence-electron chi connectivity index (χ3n) is 3.43. The van der Waals surface area contributed by atoms with Crippen LogP contribution >= 0.6 is 0 Å². The van der Waals surface area contributed by atoms with E-state index in [-0.39, 0.29) is 27.6 Å². The van der Waals surface area contributed by atoms with Crippen LogP contribution in [0.15, 0.2) is 48.5 Å². The van der Waals surface area contributed by atoms with Crippen molar-refractivity contribution in [1.82, 2.24) is 0 Å². The fraction of sp³-hybridized carbons (Fsp3) is 0.348. The largest absolute Gasteiger partial charge is 2.00 e. The number of hydrogen-bond donors (Lipinski definition) is 0. The molecule has 0 bridgehead atoms.